The third-order valence-electron chi connectivity index (χ3n) is 1.66. The minimum atomic E-state index is -1.15. The lowest BCUT2D eigenvalue weighted by Gasteiger charge is -2.17. The first kappa shape index (κ1) is 10.7. The molecule has 2 amide bonds. The molecule has 0 bridgehead atoms. The van der Waals surface area contributed by atoms with Crippen molar-refractivity contribution in [3.63, 3.8) is 0 Å². The van der Waals surface area contributed by atoms with Crippen LogP contribution in [0.1, 0.15) is 13.8 Å². The molecule has 0 aromatic rings. The molecule has 6 nitrogen and oxygen atoms in total. The normalized spacial score (nSPS) is 14.6. The van der Waals surface area contributed by atoms with Crippen molar-refractivity contribution in [3.05, 3.63) is 0 Å². The second kappa shape index (κ2) is 4.55. The topological polar surface area (TPSA) is 104 Å². The van der Waals surface area contributed by atoms with Gasteiger partial charge in [0.1, 0.15) is 0 Å². The fourth-order valence-corrected chi connectivity index (χ4v) is 0.678. The molecule has 1 unspecified atom stereocenters. The zero-order valence-corrected chi connectivity index (χ0v) is 7.00. The predicted molar refractivity (Wildman–Crippen MR) is 42.1 cm³/mol. The average molecular weight is 175 g/mol. The predicted octanol–water partition coefficient (Wildman–Crippen LogP) is -0.731. The quantitative estimate of drug-likeness (QED) is 0.258. The zero-order chi connectivity index (χ0) is 9.72. The minimum Gasteiger partial charge on any atom is -0.465 e. The fourth-order valence-electron chi connectivity index (χ4n) is 0.678. The van der Waals surface area contributed by atoms with Gasteiger partial charge in [-0.15, -0.1) is 0 Å². The SMILES string of the molecule is CC(NC(=O)O)[C@H](C)C(=O)NN. The Hall–Kier alpha value is -1.30. The summed E-state index contributed by atoms with van der Waals surface area (Å²) in [7, 11) is 0. The van der Waals surface area contributed by atoms with Crippen molar-refractivity contribution in [1.82, 2.24) is 10.7 Å². The van der Waals surface area contributed by atoms with Crippen molar-refractivity contribution < 1.29 is 14.7 Å². The standard InChI is InChI=1S/C6H13N3O3/c1-3(5(10)9-7)4(2)8-6(11)12/h3-4,8H,7H2,1-2H3,(H,9,10)(H,11,12)/t3-,4?/m0/s1. The summed E-state index contributed by atoms with van der Waals surface area (Å²) < 4.78 is 0. The van der Waals surface area contributed by atoms with Gasteiger partial charge in [-0.2, -0.15) is 0 Å². The van der Waals surface area contributed by atoms with E-state index in [2.05, 4.69) is 5.32 Å². The van der Waals surface area contributed by atoms with Gasteiger partial charge in [-0.3, -0.25) is 10.2 Å². The van der Waals surface area contributed by atoms with E-state index in [-0.39, 0.29) is 0 Å². The fraction of sp³-hybridized carbons (Fsp3) is 0.667. The maximum Gasteiger partial charge on any atom is 0.404 e. The van der Waals surface area contributed by atoms with Crippen LogP contribution in [0, 0.1) is 5.92 Å². The Morgan fingerprint density at radius 1 is 1.42 bits per heavy atom. The maximum absolute atomic E-state index is 10.9. The molecule has 70 valence electrons. The van der Waals surface area contributed by atoms with E-state index in [0.29, 0.717) is 0 Å². The van der Waals surface area contributed by atoms with Crippen molar-refractivity contribution >= 4 is 12.0 Å². The van der Waals surface area contributed by atoms with E-state index in [9.17, 15) is 9.59 Å². The van der Waals surface area contributed by atoms with E-state index in [1.54, 1.807) is 13.8 Å². The van der Waals surface area contributed by atoms with Crippen LogP contribution in [0.5, 0.6) is 0 Å². The molecule has 0 rings (SSSR count). The summed E-state index contributed by atoms with van der Waals surface area (Å²) in [5.74, 6) is 3.99. The molecule has 0 saturated heterocycles. The highest BCUT2D eigenvalue weighted by molar-refractivity contribution is 5.79. The van der Waals surface area contributed by atoms with Crippen LogP contribution in [0.2, 0.25) is 0 Å². The van der Waals surface area contributed by atoms with Gasteiger partial charge in [-0.05, 0) is 6.92 Å². The van der Waals surface area contributed by atoms with Crippen LogP contribution in [0.15, 0.2) is 0 Å². The van der Waals surface area contributed by atoms with E-state index < -0.39 is 24.0 Å². The van der Waals surface area contributed by atoms with Gasteiger partial charge < -0.3 is 10.4 Å². The third kappa shape index (κ3) is 3.20. The van der Waals surface area contributed by atoms with Gasteiger partial charge in [0, 0.05) is 6.04 Å². The summed E-state index contributed by atoms with van der Waals surface area (Å²) in [6, 6.07) is -0.453. The number of nitrogens with two attached hydrogens (primary N) is 1. The molecule has 6 heteroatoms. The molecular weight excluding hydrogens is 162 g/mol. The molecule has 0 aromatic heterocycles. The molecule has 0 aromatic carbocycles. The maximum atomic E-state index is 10.9. The van der Waals surface area contributed by atoms with Crippen LogP contribution in [-0.2, 0) is 4.79 Å². The smallest absolute Gasteiger partial charge is 0.404 e. The third-order valence-corrected chi connectivity index (χ3v) is 1.66. The number of hydrogen-bond donors (Lipinski definition) is 4. The summed E-state index contributed by atoms with van der Waals surface area (Å²) >= 11 is 0. The Balaban J connectivity index is 4.00. The molecule has 2 atom stereocenters. The second-order valence-corrected chi connectivity index (χ2v) is 2.54. The van der Waals surface area contributed by atoms with E-state index in [4.69, 9.17) is 10.9 Å². The Kier molecular flexibility index (Phi) is 4.06. The lowest BCUT2D eigenvalue weighted by molar-refractivity contribution is -0.125. The van der Waals surface area contributed by atoms with Gasteiger partial charge in [0.25, 0.3) is 0 Å². The number of carbonyl (C=O) groups excluding carboxylic acids is 1. The first-order valence-corrected chi connectivity index (χ1v) is 3.49. The summed E-state index contributed by atoms with van der Waals surface area (Å²) in [4.78, 5) is 21.0. The van der Waals surface area contributed by atoms with Gasteiger partial charge in [-0.25, -0.2) is 10.6 Å². The molecule has 5 N–H and O–H groups in total. The van der Waals surface area contributed by atoms with Crippen molar-refractivity contribution in [2.45, 2.75) is 19.9 Å². The van der Waals surface area contributed by atoms with Crippen molar-refractivity contribution in [3.8, 4) is 0 Å². The van der Waals surface area contributed by atoms with Crippen LogP contribution in [0.3, 0.4) is 0 Å². The number of hydrogen-bond acceptors (Lipinski definition) is 3. The van der Waals surface area contributed by atoms with Gasteiger partial charge in [0.2, 0.25) is 5.91 Å². The van der Waals surface area contributed by atoms with E-state index in [1.165, 1.54) is 0 Å². The van der Waals surface area contributed by atoms with Crippen molar-refractivity contribution in [2.75, 3.05) is 0 Å². The number of carbonyl (C=O) groups is 2. The number of hydrazine groups is 1. The first-order chi connectivity index (χ1) is 5.49. The minimum absolute atomic E-state index is 0.392. The molecule has 0 radical (unpaired) electrons. The second-order valence-electron chi connectivity index (χ2n) is 2.54. The number of amides is 2. The molecule has 0 aliphatic rings. The first-order valence-electron chi connectivity index (χ1n) is 3.49. The Morgan fingerprint density at radius 2 is 1.92 bits per heavy atom. The molecule has 0 aliphatic carbocycles. The molecule has 0 heterocycles. The molecule has 0 saturated carbocycles. The Morgan fingerprint density at radius 3 is 2.25 bits per heavy atom. The zero-order valence-electron chi connectivity index (χ0n) is 7.00. The average Bonchev–Trinajstić information content (AvgIpc) is 2.00. The summed E-state index contributed by atoms with van der Waals surface area (Å²) in [6.45, 7) is 3.18. The van der Waals surface area contributed by atoms with Crippen molar-refractivity contribution in [1.29, 1.82) is 0 Å². The lowest BCUT2D eigenvalue weighted by atomic mass is 10.0. The summed E-state index contributed by atoms with van der Waals surface area (Å²) in [5.41, 5.74) is 1.95. The van der Waals surface area contributed by atoms with E-state index >= 15 is 0 Å². The van der Waals surface area contributed by atoms with Crippen LogP contribution in [-0.4, -0.2) is 23.1 Å². The number of carboxylic acid groups (broad SMARTS) is 1. The Bertz CT molecular complexity index is 183. The highest BCUT2D eigenvalue weighted by Gasteiger charge is 2.20. The lowest BCUT2D eigenvalue weighted by Crippen LogP contribution is -2.45. The van der Waals surface area contributed by atoms with Gasteiger partial charge >= 0.3 is 6.09 Å². The van der Waals surface area contributed by atoms with Gasteiger partial charge in [0.05, 0.1) is 5.92 Å². The van der Waals surface area contributed by atoms with Crippen molar-refractivity contribution in [2.24, 2.45) is 11.8 Å². The summed E-state index contributed by atoms with van der Waals surface area (Å²) in [5, 5.41) is 10.5. The molecule has 0 aliphatic heterocycles. The highest BCUT2D eigenvalue weighted by atomic mass is 16.4. The van der Waals surface area contributed by atoms with Crippen LogP contribution < -0.4 is 16.6 Å². The monoisotopic (exact) mass is 175 g/mol. The van der Waals surface area contributed by atoms with Crippen LogP contribution in [0.25, 0.3) is 0 Å². The number of nitrogens with one attached hydrogen (secondary N) is 2. The van der Waals surface area contributed by atoms with Crippen LogP contribution in [0.4, 0.5) is 4.79 Å². The van der Waals surface area contributed by atoms with Gasteiger partial charge in [0.15, 0.2) is 0 Å². The molecule has 0 spiro atoms. The number of rotatable bonds is 3. The summed E-state index contributed by atoms with van der Waals surface area (Å²) in [6.07, 6.45) is -1.15. The Labute approximate surface area is 70.1 Å². The van der Waals surface area contributed by atoms with Crippen LogP contribution >= 0.6 is 0 Å². The van der Waals surface area contributed by atoms with E-state index in [1.807, 2.05) is 5.43 Å². The highest BCUT2D eigenvalue weighted by Crippen LogP contribution is 2.01. The van der Waals surface area contributed by atoms with E-state index in [0.717, 1.165) is 0 Å². The molecule has 12 heavy (non-hydrogen) atoms. The molecular formula is C6H13N3O3. The molecule has 0 fully saturated rings. The van der Waals surface area contributed by atoms with Gasteiger partial charge in [-0.1, -0.05) is 6.92 Å². The largest absolute Gasteiger partial charge is 0.465 e.